The molecule has 0 aliphatic rings. The van der Waals surface area contributed by atoms with Gasteiger partial charge in [0.2, 0.25) is 0 Å². The van der Waals surface area contributed by atoms with Crippen LogP contribution in [0.5, 0.6) is 0 Å². The first-order chi connectivity index (χ1) is 10.2. The number of nitrogens with two attached hydrogens (primary N) is 1. The second kappa shape index (κ2) is 7.22. The molecule has 2 aromatic heterocycles. The van der Waals surface area contributed by atoms with E-state index in [4.69, 9.17) is 5.73 Å². The summed E-state index contributed by atoms with van der Waals surface area (Å²) in [6, 6.07) is 3.63. The van der Waals surface area contributed by atoms with Gasteiger partial charge in [0.25, 0.3) is 5.91 Å². The predicted octanol–water partition coefficient (Wildman–Crippen LogP) is 0.0978. The zero-order valence-corrected chi connectivity index (χ0v) is 11.8. The van der Waals surface area contributed by atoms with E-state index >= 15 is 0 Å². The molecule has 2 rings (SSSR count). The Kier molecular flexibility index (Phi) is 5.07. The van der Waals surface area contributed by atoms with Crippen LogP contribution in [0.4, 0.5) is 0 Å². The number of carbonyl (C=O) groups excluding carboxylic acids is 1. The van der Waals surface area contributed by atoms with Gasteiger partial charge in [-0.05, 0) is 12.1 Å². The van der Waals surface area contributed by atoms with Gasteiger partial charge in [0.15, 0.2) is 0 Å². The average Bonchev–Trinajstić information content (AvgIpc) is 2.91. The van der Waals surface area contributed by atoms with Crippen LogP contribution in [-0.4, -0.2) is 33.8 Å². The van der Waals surface area contributed by atoms with Gasteiger partial charge in [-0.1, -0.05) is 11.8 Å². The summed E-state index contributed by atoms with van der Waals surface area (Å²) < 4.78 is 1.74. The van der Waals surface area contributed by atoms with Crippen molar-refractivity contribution in [3.05, 3.63) is 47.5 Å². The van der Waals surface area contributed by atoms with E-state index in [1.54, 1.807) is 16.9 Å². The van der Waals surface area contributed by atoms with Crippen molar-refractivity contribution in [2.75, 3.05) is 13.1 Å². The van der Waals surface area contributed by atoms with Crippen LogP contribution in [0.25, 0.3) is 0 Å². The summed E-state index contributed by atoms with van der Waals surface area (Å²) in [5.74, 6) is 5.42. The SMILES string of the molecule is Cn1ccc(CCNC(=O)c2cncc(C#CCN)c2)n1. The van der Waals surface area contributed by atoms with E-state index in [9.17, 15) is 4.79 Å². The summed E-state index contributed by atoms with van der Waals surface area (Å²) in [6.07, 6.45) is 5.68. The quantitative estimate of drug-likeness (QED) is 0.779. The van der Waals surface area contributed by atoms with E-state index in [1.807, 2.05) is 19.3 Å². The predicted molar refractivity (Wildman–Crippen MR) is 79.4 cm³/mol. The number of rotatable bonds is 4. The van der Waals surface area contributed by atoms with Crippen molar-refractivity contribution in [3.8, 4) is 11.8 Å². The van der Waals surface area contributed by atoms with E-state index in [2.05, 4.69) is 27.2 Å². The molecule has 0 spiro atoms. The average molecular weight is 283 g/mol. The fourth-order valence-corrected chi connectivity index (χ4v) is 1.79. The van der Waals surface area contributed by atoms with Crippen LogP contribution in [0.3, 0.4) is 0 Å². The van der Waals surface area contributed by atoms with Crippen molar-refractivity contribution >= 4 is 5.91 Å². The third-order valence-electron chi connectivity index (χ3n) is 2.77. The molecule has 6 heteroatoms. The Morgan fingerprint density at radius 2 is 2.33 bits per heavy atom. The highest BCUT2D eigenvalue weighted by molar-refractivity contribution is 5.94. The first-order valence-electron chi connectivity index (χ1n) is 6.60. The maximum Gasteiger partial charge on any atom is 0.252 e. The van der Waals surface area contributed by atoms with Gasteiger partial charge in [-0.3, -0.25) is 14.5 Å². The molecule has 0 saturated heterocycles. The molecule has 2 heterocycles. The van der Waals surface area contributed by atoms with Gasteiger partial charge in [0, 0.05) is 44.2 Å². The van der Waals surface area contributed by atoms with Gasteiger partial charge < -0.3 is 11.1 Å². The van der Waals surface area contributed by atoms with Crippen LogP contribution in [0.1, 0.15) is 21.6 Å². The summed E-state index contributed by atoms with van der Waals surface area (Å²) in [7, 11) is 1.86. The van der Waals surface area contributed by atoms with E-state index in [0.717, 1.165) is 5.69 Å². The first-order valence-corrected chi connectivity index (χ1v) is 6.60. The van der Waals surface area contributed by atoms with Crippen molar-refractivity contribution in [1.29, 1.82) is 0 Å². The van der Waals surface area contributed by atoms with Gasteiger partial charge in [0.05, 0.1) is 17.8 Å². The lowest BCUT2D eigenvalue weighted by molar-refractivity contribution is 0.0953. The van der Waals surface area contributed by atoms with Crippen LogP contribution in [0.15, 0.2) is 30.7 Å². The molecule has 0 aromatic carbocycles. The third kappa shape index (κ3) is 4.44. The summed E-state index contributed by atoms with van der Waals surface area (Å²) in [6.45, 7) is 0.801. The number of aromatic nitrogens is 3. The van der Waals surface area contributed by atoms with Crippen LogP contribution >= 0.6 is 0 Å². The first kappa shape index (κ1) is 14.8. The molecule has 6 nitrogen and oxygen atoms in total. The molecule has 0 aliphatic carbocycles. The fraction of sp³-hybridized carbons (Fsp3) is 0.267. The third-order valence-corrected chi connectivity index (χ3v) is 2.77. The molecular formula is C15H17N5O. The molecule has 2 aromatic rings. The molecule has 108 valence electrons. The number of nitrogens with one attached hydrogen (secondary N) is 1. The lowest BCUT2D eigenvalue weighted by atomic mass is 10.2. The molecule has 0 unspecified atom stereocenters. The smallest absolute Gasteiger partial charge is 0.252 e. The van der Waals surface area contributed by atoms with Crippen molar-refractivity contribution < 1.29 is 4.79 Å². The highest BCUT2D eigenvalue weighted by Gasteiger charge is 2.06. The highest BCUT2D eigenvalue weighted by atomic mass is 16.1. The molecule has 3 N–H and O–H groups in total. The summed E-state index contributed by atoms with van der Waals surface area (Å²) in [5, 5.41) is 7.09. The maximum absolute atomic E-state index is 12.0. The Hall–Kier alpha value is -2.65. The normalized spacial score (nSPS) is 9.81. The number of aryl methyl sites for hydroxylation is 1. The standard InChI is InChI=1S/C15H17N5O/c1-20-8-5-14(19-20)4-7-18-15(21)13-9-12(3-2-6-16)10-17-11-13/h5,8-11H,4,6-7,16H2,1H3,(H,18,21). The maximum atomic E-state index is 12.0. The number of nitrogens with zero attached hydrogens (tertiary/aromatic N) is 3. The molecule has 0 fully saturated rings. The molecule has 0 atom stereocenters. The summed E-state index contributed by atoms with van der Waals surface area (Å²) in [5.41, 5.74) is 7.42. The van der Waals surface area contributed by atoms with Crippen molar-refractivity contribution in [1.82, 2.24) is 20.1 Å². The molecule has 0 radical (unpaired) electrons. The van der Waals surface area contributed by atoms with Gasteiger partial charge in [-0.25, -0.2) is 0 Å². The van der Waals surface area contributed by atoms with Gasteiger partial charge in [-0.15, -0.1) is 0 Å². The lowest BCUT2D eigenvalue weighted by Crippen LogP contribution is -2.26. The summed E-state index contributed by atoms with van der Waals surface area (Å²) >= 11 is 0. The van der Waals surface area contributed by atoms with Crippen LogP contribution < -0.4 is 11.1 Å². The Balaban J connectivity index is 1.91. The minimum Gasteiger partial charge on any atom is -0.352 e. The van der Waals surface area contributed by atoms with Gasteiger partial charge in [0.1, 0.15) is 0 Å². The number of carbonyl (C=O) groups is 1. The van der Waals surface area contributed by atoms with Crippen LogP contribution in [0.2, 0.25) is 0 Å². The molecule has 0 aliphatic heterocycles. The van der Waals surface area contributed by atoms with E-state index in [-0.39, 0.29) is 12.5 Å². The van der Waals surface area contributed by atoms with Crippen molar-refractivity contribution in [2.24, 2.45) is 12.8 Å². The van der Waals surface area contributed by atoms with Gasteiger partial charge in [-0.2, -0.15) is 5.10 Å². The Morgan fingerprint density at radius 1 is 1.48 bits per heavy atom. The summed E-state index contributed by atoms with van der Waals surface area (Å²) in [4.78, 5) is 16.0. The fourth-order valence-electron chi connectivity index (χ4n) is 1.79. The Bertz CT molecular complexity index is 681. The van der Waals surface area contributed by atoms with E-state index in [1.165, 1.54) is 6.20 Å². The monoisotopic (exact) mass is 283 g/mol. The number of hydrogen-bond acceptors (Lipinski definition) is 4. The Morgan fingerprint density at radius 3 is 3.05 bits per heavy atom. The molecule has 1 amide bonds. The second-order valence-electron chi connectivity index (χ2n) is 4.45. The topological polar surface area (TPSA) is 85.8 Å². The minimum atomic E-state index is -0.171. The van der Waals surface area contributed by atoms with Crippen LogP contribution in [0, 0.1) is 11.8 Å². The largest absolute Gasteiger partial charge is 0.352 e. The number of pyridine rings is 1. The number of hydrogen-bond donors (Lipinski definition) is 2. The van der Waals surface area contributed by atoms with Crippen molar-refractivity contribution in [2.45, 2.75) is 6.42 Å². The van der Waals surface area contributed by atoms with E-state index in [0.29, 0.717) is 24.1 Å². The zero-order valence-electron chi connectivity index (χ0n) is 11.8. The second-order valence-corrected chi connectivity index (χ2v) is 4.45. The molecule has 0 bridgehead atoms. The van der Waals surface area contributed by atoms with Gasteiger partial charge >= 0.3 is 0 Å². The molecule has 21 heavy (non-hydrogen) atoms. The zero-order chi connectivity index (χ0) is 15.1. The lowest BCUT2D eigenvalue weighted by Gasteiger charge is -2.04. The Labute approximate surface area is 123 Å². The highest BCUT2D eigenvalue weighted by Crippen LogP contribution is 2.02. The van der Waals surface area contributed by atoms with Crippen LogP contribution in [-0.2, 0) is 13.5 Å². The number of amides is 1. The molecular weight excluding hydrogens is 266 g/mol. The van der Waals surface area contributed by atoms with Crippen molar-refractivity contribution in [3.63, 3.8) is 0 Å². The minimum absolute atomic E-state index is 0.171. The van der Waals surface area contributed by atoms with E-state index < -0.39 is 0 Å². The molecule has 0 saturated carbocycles.